The number of sulfone groups is 1. The van der Waals surface area contributed by atoms with E-state index < -0.39 is 15.7 Å². The highest BCUT2D eigenvalue weighted by Crippen LogP contribution is 2.39. The molecular formula is C16H16FN5O2S. The molecule has 0 amide bonds. The van der Waals surface area contributed by atoms with Gasteiger partial charge in [-0.05, 0) is 43.2 Å². The summed E-state index contributed by atoms with van der Waals surface area (Å²) in [5, 5.41) is 15.5. The van der Waals surface area contributed by atoms with Gasteiger partial charge in [-0.2, -0.15) is 9.61 Å². The molecule has 1 aliphatic carbocycles. The van der Waals surface area contributed by atoms with Crippen molar-refractivity contribution < 1.29 is 12.8 Å². The van der Waals surface area contributed by atoms with Crippen molar-refractivity contribution in [1.29, 1.82) is 0 Å². The second kappa shape index (κ2) is 6.07. The highest BCUT2D eigenvalue weighted by molar-refractivity contribution is 7.91. The van der Waals surface area contributed by atoms with E-state index in [2.05, 4.69) is 20.6 Å². The van der Waals surface area contributed by atoms with Crippen molar-refractivity contribution in [3.05, 3.63) is 48.2 Å². The molecule has 1 aliphatic rings. The summed E-state index contributed by atoms with van der Waals surface area (Å²) in [6.45, 7) is 0.205. The summed E-state index contributed by atoms with van der Waals surface area (Å²) in [4.78, 5) is 0.108. The van der Waals surface area contributed by atoms with Gasteiger partial charge in [0.15, 0.2) is 9.84 Å². The second-order valence-electron chi connectivity index (χ2n) is 6.06. The predicted octanol–water partition coefficient (Wildman–Crippen LogP) is 2.03. The van der Waals surface area contributed by atoms with Crippen LogP contribution in [0.3, 0.4) is 0 Å². The number of rotatable bonds is 6. The lowest BCUT2D eigenvalue weighted by molar-refractivity contribution is 0.595. The van der Waals surface area contributed by atoms with Crippen LogP contribution in [0.1, 0.15) is 24.5 Å². The minimum atomic E-state index is -3.49. The van der Waals surface area contributed by atoms with Crippen molar-refractivity contribution in [2.45, 2.75) is 23.7 Å². The number of nitrogens with one attached hydrogen (secondary N) is 1. The molecule has 0 atom stereocenters. The molecule has 0 saturated heterocycles. The largest absolute Gasteiger partial charge is 0.381 e. The van der Waals surface area contributed by atoms with Gasteiger partial charge in [0.25, 0.3) is 0 Å². The Morgan fingerprint density at radius 1 is 1.24 bits per heavy atom. The van der Waals surface area contributed by atoms with E-state index in [1.165, 1.54) is 18.5 Å². The van der Waals surface area contributed by atoms with E-state index in [1.807, 2.05) is 6.07 Å². The molecule has 1 N–H and O–H groups in total. The summed E-state index contributed by atoms with van der Waals surface area (Å²) in [6.07, 6.45) is 3.75. The zero-order chi connectivity index (χ0) is 17.4. The number of hydrogen-bond donors (Lipinski definition) is 1. The van der Waals surface area contributed by atoms with Crippen LogP contribution in [0, 0.1) is 5.82 Å². The maximum atomic E-state index is 12.9. The molecule has 2 heterocycles. The molecule has 130 valence electrons. The molecule has 0 spiro atoms. The van der Waals surface area contributed by atoms with Gasteiger partial charge in [-0.3, -0.25) is 0 Å². The zero-order valence-electron chi connectivity index (χ0n) is 13.3. The van der Waals surface area contributed by atoms with Crippen molar-refractivity contribution in [2.75, 3.05) is 17.6 Å². The molecule has 1 saturated carbocycles. The molecule has 25 heavy (non-hydrogen) atoms. The van der Waals surface area contributed by atoms with Gasteiger partial charge in [0.1, 0.15) is 12.1 Å². The summed E-state index contributed by atoms with van der Waals surface area (Å²) in [7, 11) is -3.49. The molecular weight excluding hydrogens is 345 g/mol. The molecule has 0 aliphatic heterocycles. The number of hydrogen-bond acceptors (Lipinski definition) is 6. The summed E-state index contributed by atoms with van der Waals surface area (Å²) >= 11 is 0. The van der Waals surface area contributed by atoms with Crippen LogP contribution >= 0.6 is 0 Å². The highest BCUT2D eigenvalue weighted by atomic mass is 32.2. The molecule has 2 aromatic heterocycles. The van der Waals surface area contributed by atoms with Gasteiger partial charge < -0.3 is 5.32 Å². The fourth-order valence-electron chi connectivity index (χ4n) is 2.63. The first kappa shape index (κ1) is 15.9. The smallest absolute Gasteiger partial charge is 0.200 e. The second-order valence-corrected chi connectivity index (χ2v) is 8.16. The maximum Gasteiger partial charge on any atom is 0.200 e. The van der Waals surface area contributed by atoms with E-state index in [9.17, 15) is 12.8 Å². The summed E-state index contributed by atoms with van der Waals surface area (Å²) in [5.41, 5.74) is 2.23. The number of anilines is 1. The van der Waals surface area contributed by atoms with Crippen LogP contribution in [-0.4, -0.2) is 40.5 Å². The van der Waals surface area contributed by atoms with Gasteiger partial charge in [0.2, 0.25) is 5.65 Å². The van der Waals surface area contributed by atoms with E-state index in [0.29, 0.717) is 17.3 Å². The van der Waals surface area contributed by atoms with E-state index in [1.54, 1.807) is 4.52 Å². The van der Waals surface area contributed by atoms with Crippen molar-refractivity contribution in [1.82, 2.24) is 19.8 Å². The minimum Gasteiger partial charge on any atom is -0.381 e. The van der Waals surface area contributed by atoms with Crippen LogP contribution in [0.2, 0.25) is 0 Å². The molecule has 9 heteroatoms. The molecule has 0 bridgehead atoms. The lowest BCUT2D eigenvalue weighted by atomic mass is 10.2. The van der Waals surface area contributed by atoms with E-state index in [4.69, 9.17) is 0 Å². The van der Waals surface area contributed by atoms with Crippen LogP contribution in [-0.2, 0) is 9.84 Å². The first-order valence-corrected chi connectivity index (χ1v) is 9.61. The Balaban J connectivity index is 1.50. The molecule has 0 radical (unpaired) electrons. The number of halogens is 1. The fraction of sp³-hybridized carbons (Fsp3) is 0.312. The third kappa shape index (κ3) is 3.32. The minimum absolute atomic E-state index is 0.108. The van der Waals surface area contributed by atoms with Crippen molar-refractivity contribution >= 4 is 21.2 Å². The summed E-state index contributed by atoms with van der Waals surface area (Å²) in [6, 6.07) is 6.75. The summed E-state index contributed by atoms with van der Waals surface area (Å²) in [5.74, 6) is -0.119. The van der Waals surface area contributed by atoms with E-state index in [0.717, 1.165) is 30.7 Å². The Bertz CT molecular complexity index is 1010. The van der Waals surface area contributed by atoms with E-state index >= 15 is 0 Å². The number of benzene rings is 1. The summed E-state index contributed by atoms with van der Waals surface area (Å²) < 4.78 is 39.2. The van der Waals surface area contributed by atoms with Gasteiger partial charge in [-0.25, -0.2) is 12.8 Å². The first-order chi connectivity index (χ1) is 12.0. The van der Waals surface area contributed by atoms with Gasteiger partial charge in [0, 0.05) is 12.5 Å². The predicted molar refractivity (Wildman–Crippen MR) is 89.7 cm³/mol. The average Bonchev–Trinajstić information content (AvgIpc) is 3.33. The Hall–Kier alpha value is -2.55. The molecule has 0 unspecified atom stereocenters. The van der Waals surface area contributed by atoms with E-state index in [-0.39, 0.29) is 17.2 Å². The first-order valence-electron chi connectivity index (χ1n) is 7.96. The Kier molecular flexibility index (Phi) is 3.87. The van der Waals surface area contributed by atoms with Gasteiger partial charge >= 0.3 is 0 Å². The molecule has 3 aromatic rings. The molecule has 4 rings (SSSR count). The molecule has 7 nitrogen and oxygen atoms in total. The normalized spacial score (nSPS) is 14.8. The van der Waals surface area contributed by atoms with Gasteiger partial charge in [-0.15, -0.1) is 10.2 Å². The number of aromatic nitrogens is 4. The van der Waals surface area contributed by atoms with Crippen LogP contribution in [0.4, 0.5) is 10.1 Å². The maximum absolute atomic E-state index is 12.9. The number of fused-ring (bicyclic) bond motifs is 1. The van der Waals surface area contributed by atoms with Crippen LogP contribution in [0.5, 0.6) is 0 Å². The third-order valence-corrected chi connectivity index (χ3v) is 5.87. The fourth-order valence-corrected chi connectivity index (χ4v) is 3.79. The van der Waals surface area contributed by atoms with Crippen molar-refractivity contribution in [3.8, 4) is 0 Å². The molecule has 1 fully saturated rings. The highest BCUT2D eigenvalue weighted by Gasteiger charge is 2.26. The van der Waals surface area contributed by atoms with Crippen LogP contribution < -0.4 is 5.32 Å². The van der Waals surface area contributed by atoms with Crippen LogP contribution in [0.15, 0.2) is 41.6 Å². The van der Waals surface area contributed by atoms with Gasteiger partial charge in [-0.1, -0.05) is 0 Å². The monoisotopic (exact) mass is 361 g/mol. The van der Waals surface area contributed by atoms with Crippen molar-refractivity contribution in [2.24, 2.45) is 0 Å². The average molecular weight is 361 g/mol. The standard InChI is InChI=1S/C16H16FN5O2S/c17-12-3-5-13(6-4-12)25(23,24)8-7-18-15-9-14(11-1-2-11)21-22-10-19-20-16(15)22/h3-6,9-11,18H,1-2,7-8H2. The zero-order valence-corrected chi connectivity index (χ0v) is 14.1. The lowest BCUT2D eigenvalue weighted by Gasteiger charge is -2.10. The molecule has 1 aromatic carbocycles. The quantitative estimate of drug-likeness (QED) is 0.676. The Morgan fingerprint density at radius 2 is 2.00 bits per heavy atom. The third-order valence-electron chi connectivity index (χ3n) is 4.14. The van der Waals surface area contributed by atoms with Crippen LogP contribution in [0.25, 0.3) is 5.65 Å². The Morgan fingerprint density at radius 3 is 2.72 bits per heavy atom. The number of nitrogens with zero attached hydrogens (tertiary/aromatic N) is 4. The van der Waals surface area contributed by atoms with Gasteiger partial charge in [0.05, 0.1) is 22.0 Å². The lowest BCUT2D eigenvalue weighted by Crippen LogP contribution is -2.17. The SMILES string of the molecule is O=S(=O)(CCNc1cc(C2CC2)nn2cnnc12)c1ccc(F)cc1. The topological polar surface area (TPSA) is 89.2 Å². The van der Waals surface area contributed by atoms with Crippen molar-refractivity contribution in [3.63, 3.8) is 0 Å². The Labute approximate surface area is 143 Å².